The molecule has 4 N–H and O–H groups in total. The third kappa shape index (κ3) is 3.59. The largest absolute Gasteiger partial charge is 0.507 e. The summed E-state index contributed by atoms with van der Waals surface area (Å²) in [5, 5.41) is 44.4. The highest BCUT2D eigenvalue weighted by Gasteiger charge is 2.61. The Morgan fingerprint density at radius 3 is 1.95 bits per heavy atom. The van der Waals surface area contributed by atoms with Crippen molar-refractivity contribution in [1.82, 2.24) is 0 Å². The summed E-state index contributed by atoms with van der Waals surface area (Å²) in [5.74, 6) is -7.36. The number of hydrogen-bond donors (Lipinski definition) is 4. The lowest BCUT2D eigenvalue weighted by atomic mass is 9.50. The fraction of sp³-hybridized carbons (Fsp3) is 0.250. The first kappa shape index (κ1) is 26.9. The van der Waals surface area contributed by atoms with Gasteiger partial charge in [0.2, 0.25) is 0 Å². The molecule has 0 aliphatic heterocycles. The minimum Gasteiger partial charge on any atom is -0.507 e. The summed E-state index contributed by atoms with van der Waals surface area (Å²) >= 11 is 0. The van der Waals surface area contributed by atoms with Crippen LogP contribution in [-0.4, -0.2) is 43.6 Å². The van der Waals surface area contributed by atoms with E-state index in [1.165, 1.54) is 0 Å². The zero-order valence-corrected chi connectivity index (χ0v) is 22.4. The number of allylic oxidation sites excluding steroid dienone is 8. The van der Waals surface area contributed by atoms with E-state index < -0.39 is 74.5 Å². The Hall–Kier alpha value is -4.72. The van der Waals surface area contributed by atoms with E-state index in [2.05, 4.69) is 0 Å². The van der Waals surface area contributed by atoms with Crippen molar-refractivity contribution in [3.63, 3.8) is 0 Å². The predicted molar refractivity (Wildman–Crippen MR) is 146 cm³/mol. The fourth-order valence-electron chi connectivity index (χ4n) is 6.31. The highest BCUT2D eigenvalue weighted by molar-refractivity contribution is 6.26. The Bertz CT molecular complexity index is 1680. The van der Waals surface area contributed by atoms with Crippen molar-refractivity contribution in [2.75, 3.05) is 0 Å². The number of Topliss-reactive ketones (excluding diaryl/α,β-unsaturated/α-hetero) is 2. The average Bonchev–Trinajstić information content (AvgIpc) is 2.88. The number of carbonyl (C=O) groups excluding carboxylic acids is 4. The van der Waals surface area contributed by atoms with Crippen molar-refractivity contribution in [2.45, 2.75) is 40.0 Å². The standard InChI is InChI=1S/C32H28O8/c1-14(2)6-5-11-32-16(12-15(3)4)13-17-22(29(38)24-19(34)8-7-18(33)23(24)28(17)37)27(32)30(39)25-20(35)9-10-21(36)26(25)31(32)40/h5-12,16,27,35-38H,13H2,1-4H3/b11-5+/t16-,27-,32-/m0/s1. The molecule has 2 aromatic rings. The van der Waals surface area contributed by atoms with Gasteiger partial charge >= 0.3 is 0 Å². The van der Waals surface area contributed by atoms with Crippen LogP contribution in [0.2, 0.25) is 0 Å². The van der Waals surface area contributed by atoms with E-state index in [4.69, 9.17) is 0 Å². The number of hydrogen-bond acceptors (Lipinski definition) is 8. The van der Waals surface area contributed by atoms with Crippen LogP contribution in [0.15, 0.2) is 59.7 Å². The fourth-order valence-corrected chi connectivity index (χ4v) is 6.31. The molecule has 0 saturated carbocycles. The summed E-state index contributed by atoms with van der Waals surface area (Å²) in [4.78, 5) is 54.6. The third-order valence-electron chi connectivity index (χ3n) is 7.90. The topological polar surface area (TPSA) is 149 Å². The number of fused-ring (bicyclic) bond motifs is 5. The minimum absolute atomic E-state index is 0.0654. The van der Waals surface area contributed by atoms with Crippen molar-refractivity contribution in [1.29, 1.82) is 0 Å². The Balaban J connectivity index is 1.98. The van der Waals surface area contributed by atoms with E-state index in [1.807, 2.05) is 27.7 Å². The molecule has 0 aromatic heterocycles. The maximum absolute atomic E-state index is 14.6. The highest BCUT2D eigenvalue weighted by Crippen LogP contribution is 2.62. The van der Waals surface area contributed by atoms with Gasteiger partial charge in [-0.1, -0.05) is 35.5 Å². The normalized spacial score (nSPS) is 22.9. The molecule has 0 spiro atoms. The molecule has 0 saturated heterocycles. The highest BCUT2D eigenvalue weighted by atomic mass is 16.3. The molecule has 8 heteroatoms. The number of carbonyl (C=O) groups is 4. The molecule has 204 valence electrons. The summed E-state index contributed by atoms with van der Waals surface area (Å²) in [7, 11) is 0. The number of rotatable bonds is 3. The molecule has 2 aromatic carbocycles. The number of aromatic hydroxyl groups is 4. The van der Waals surface area contributed by atoms with Crippen LogP contribution in [0.4, 0.5) is 0 Å². The van der Waals surface area contributed by atoms with Crippen molar-refractivity contribution < 1.29 is 39.6 Å². The van der Waals surface area contributed by atoms with Gasteiger partial charge in [0.25, 0.3) is 0 Å². The van der Waals surface area contributed by atoms with Crippen LogP contribution >= 0.6 is 0 Å². The first-order chi connectivity index (χ1) is 18.8. The van der Waals surface area contributed by atoms with E-state index in [9.17, 15) is 39.6 Å². The molecule has 40 heavy (non-hydrogen) atoms. The second kappa shape index (κ2) is 9.19. The van der Waals surface area contributed by atoms with Gasteiger partial charge in [0.15, 0.2) is 23.1 Å². The number of benzene rings is 2. The molecule has 0 fully saturated rings. The van der Waals surface area contributed by atoms with Crippen molar-refractivity contribution in [2.24, 2.45) is 11.3 Å². The van der Waals surface area contributed by atoms with Crippen LogP contribution in [0.1, 0.15) is 86.2 Å². The lowest BCUT2D eigenvalue weighted by molar-refractivity contribution is 0.0611. The van der Waals surface area contributed by atoms with Gasteiger partial charge in [-0.3, -0.25) is 19.2 Å². The van der Waals surface area contributed by atoms with Gasteiger partial charge in [0, 0.05) is 11.1 Å². The average molecular weight is 541 g/mol. The Morgan fingerprint density at radius 1 is 0.800 bits per heavy atom. The van der Waals surface area contributed by atoms with Gasteiger partial charge in [-0.25, -0.2) is 0 Å². The molecule has 8 nitrogen and oxygen atoms in total. The van der Waals surface area contributed by atoms with Crippen molar-refractivity contribution in [3.8, 4) is 23.0 Å². The van der Waals surface area contributed by atoms with Crippen LogP contribution in [0.3, 0.4) is 0 Å². The van der Waals surface area contributed by atoms with Gasteiger partial charge in [0.05, 0.1) is 33.6 Å². The summed E-state index contributed by atoms with van der Waals surface area (Å²) in [6.07, 6.45) is 8.62. The monoisotopic (exact) mass is 540 g/mol. The van der Waals surface area contributed by atoms with Gasteiger partial charge < -0.3 is 20.4 Å². The molecule has 3 atom stereocenters. The zero-order valence-electron chi connectivity index (χ0n) is 22.4. The molecule has 0 unspecified atom stereocenters. The van der Waals surface area contributed by atoms with E-state index >= 15 is 0 Å². The third-order valence-corrected chi connectivity index (χ3v) is 7.90. The van der Waals surface area contributed by atoms with Gasteiger partial charge in [-0.15, -0.1) is 0 Å². The summed E-state index contributed by atoms with van der Waals surface area (Å²) in [6.45, 7) is 7.31. The van der Waals surface area contributed by atoms with Crippen LogP contribution in [0, 0.1) is 11.3 Å². The van der Waals surface area contributed by atoms with Gasteiger partial charge in [-0.2, -0.15) is 0 Å². The molecule has 5 rings (SSSR count). The maximum atomic E-state index is 14.6. The lowest BCUT2D eigenvalue weighted by Crippen LogP contribution is -2.52. The first-order valence-corrected chi connectivity index (χ1v) is 12.8. The Morgan fingerprint density at radius 2 is 1.38 bits per heavy atom. The van der Waals surface area contributed by atoms with Crippen molar-refractivity contribution >= 4 is 23.1 Å². The molecule has 0 bridgehead atoms. The molecule has 3 aliphatic carbocycles. The molecular formula is C32H28O8. The molecule has 0 heterocycles. The number of phenolic OH excluding ortho intramolecular Hbond substituents is 4. The molecule has 3 aliphatic rings. The second-order valence-corrected chi connectivity index (χ2v) is 11.0. The summed E-state index contributed by atoms with van der Waals surface area (Å²) in [5.41, 5.74) is -1.67. The predicted octanol–water partition coefficient (Wildman–Crippen LogP) is 5.25. The van der Waals surface area contributed by atoms with Crippen LogP contribution in [0.25, 0.3) is 0 Å². The lowest BCUT2D eigenvalue weighted by Gasteiger charge is -2.49. The van der Waals surface area contributed by atoms with E-state index in [-0.39, 0.29) is 28.7 Å². The minimum atomic E-state index is -1.72. The second-order valence-electron chi connectivity index (χ2n) is 11.0. The van der Waals surface area contributed by atoms with Gasteiger partial charge in [-0.05, 0) is 64.3 Å². The van der Waals surface area contributed by atoms with E-state index in [1.54, 1.807) is 24.3 Å². The van der Waals surface area contributed by atoms with E-state index in [0.717, 1.165) is 35.4 Å². The SMILES string of the molecule is CC(C)=C/C=C/[C@@]12C(=O)c3c(O)ccc(O)c3C(=O)[C@@H]1c1c(O)c3c(c(O)c1C[C@@H]2C=C(C)C)C(=O)C=CC3=O. The number of ketones is 4. The molecular weight excluding hydrogens is 512 g/mol. The van der Waals surface area contributed by atoms with Crippen LogP contribution in [0.5, 0.6) is 23.0 Å². The summed E-state index contributed by atoms with van der Waals surface area (Å²) in [6, 6.07) is 2.23. The molecule has 0 amide bonds. The first-order valence-electron chi connectivity index (χ1n) is 12.8. The van der Waals surface area contributed by atoms with Crippen LogP contribution in [-0.2, 0) is 6.42 Å². The number of phenols is 4. The maximum Gasteiger partial charge on any atom is 0.190 e. The molecule has 0 radical (unpaired) electrons. The van der Waals surface area contributed by atoms with Gasteiger partial charge in [0.1, 0.15) is 23.0 Å². The zero-order chi connectivity index (χ0) is 29.3. The Labute approximate surface area is 230 Å². The Kier molecular flexibility index (Phi) is 6.17. The quantitative estimate of drug-likeness (QED) is 0.234. The smallest absolute Gasteiger partial charge is 0.190 e. The van der Waals surface area contributed by atoms with Crippen molar-refractivity contribution in [3.05, 3.63) is 93.1 Å². The summed E-state index contributed by atoms with van der Waals surface area (Å²) < 4.78 is 0. The van der Waals surface area contributed by atoms with E-state index in [0.29, 0.717) is 0 Å². The van der Waals surface area contributed by atoms with Crippen LogP contribution < -0.4 is 0 Å².